The number of carboxylic acids is 2. The fourth-order valence-corrected chi connectivity index (χ4v) is 11.4. The minimum absolute atomic E-state index is 0.104. The van der Waals surface area contributed by atoms with E-state index in [1.165, 1.54) is 11.8 Å². The van der Waals surface area contributed by atoms with Gasteiger partial charge in [0.2, 0.25) is 11.8 Å². The van der Waals surface area contributed by atoms with Gasteiger partial charge in [0.1, 0.15) is 0 Å². The summed E-state index contributed by atoms with van der Waals surface area (Å²) in [6, 6.07) is 19.9. The highest BCUT2D eigenvalue weighted by Crippen LogP contribution is 2.49. The van der Waals surface area contributed by atoms with Gasteiger partial charge < -0.3 is 29.8 Å². The fraction of sp³-hybridized carbons (Fsp3) is 0.360. The molecule has 4 aliphatic rings. The Hall–Kier alpha value is -4.65. The van der Waals surface area contributed by atoms with E-state index >= 15 is 0 Å². The summed E-state index contributed by atoms with van der Waals surface area (Å²) < 4.78 is 0. The first kappa shape index (κ1) is 46.9. The predicted octanol–water partition coefficient (Wildman–Crippen LogP) is 11.7. The molecule has 65 heavy (non-hydrogen) atoms. The largest absolute Gasteiger partial charge is 0.481 e. The van der Waals surface area contributed by atoms with Crippen molar-refractivity contribution in [3.05, 3.63) is 104 Å². The number of hydrogen-bond acceptors (Lipinski definition) is 7. The molecule has 2 N–H and O–H groups in total. The van der Waals surface area contributed by atoms with Crippen molar-refractivity contribution in [1.29, 1.82) is 0 Å². The van der Waals surface area contributed by atoms with E-state index in [1.807, 2.05) is 58.3 Å². The molecule has 4 aromatic rings. The molecule has 4 fully saturated rings. The Bertz CT molecular complexity index is 2370. The molecule has 0 radical (unpaired) electrons. The lowest BCUT2D eigenvalue weighted by Crippen LogP contribution is -2.36. The van der Waals surface area contributed by atoms with Gasteiger partial charge in [0.25, 0.3) is 0 Å². The number of anilines is 2. The van der Waals surface area contributed by atoms with Crippen LogP contribution in [0, 0.1) is 11.8 Å². The van der Waals surface area contributed by atoms with Crippen molar-refractivity contribution >= 4 is 105 Å². The molecule has 2 amide bonds. The van der Waals surface area contributed by atoms with Crippen LogP contribution in [-0.4, -0.2) is 96.1 Å². The molecule has 4 aromatic carbocycles. The third-order valence-corrected chi connectivity index (χ3v) is 16.1. The van der Waals surface area contributed by atoms with Gasteiger partial charge >= 0.3 is 11.9 Å². The molecule has 8 rings (SSSR count). The molecule has 0 spiro atoms. The summed E-state index contributed by atoms with van der Waals surface area (Å²) in [5.74, 6) is -2.49. The normalized spacial score (nSPS) is 17.5. The van der Waals surface area contributed by atoms with Gasteiger partial charge in [-0.25, -0.2) is 0 Å². The lowest BCUT2D eigenvalue weighted by atomic mass is 9.95. The number of benzene rings is 4. The van der Waals surface area contributed by atoms with Crippen LogP contribution >= 0.6 is 58.2 Å². The van der Waals surface area contributed by atoms with Crippen LogP contribution in [0.3, 0.4) is 0 Å². The minimum Gasteiger partial charge on any atom is -0.481 e. The predicted molar refractivity (Wildman–Crippen MR) is 263 cm³/mol. The van der Waals surface area contributed by atoms with Gasteiger partial charge in [-0.2, -0.15) is 0 Å². The lowest BCUT2D eigenvalue weighted by molar-refractivity contribution is -0.143. The van der Waals surface area contributed by atoms with E-state index < -0.39 is 11.9 Å². The molecule has 4 aliphatic heterocycles. The highest BCUT2D eigenvalue weighted by Gasteiger charge is 2.28. The molecule has 0 unspecified atom stereocenters. The molecule has 4 saturated heterocycles. The summed E-state index contributed by atoms with van der Waals surface area (Å²) >= 11 is 30.2. The molecule has 340 valence electrons. The van der Waals surface area contributed by atoms with E-state index in [0.717, 1.165) is 59.3 Å². The zero-order chi connectivity index (χ0) is 45.8. The van der Waals surface area contributed by atoms with Gasteiger partial charge in [0.15, 0.2) is 0 Å². The molecule has 15 heteroatoms. The molecule has 10 nitrogen and oxygen atoms in total. The monoisotopic (exact) mass is 974 g/mol. The van der Waals surface area contributed by atoms with E-state index in [1.54, 1.807) is 24.3 Å². The zero-order valence-corrected chi connectivity index (χ0v) is 39.6. The number of carbonyl (C=O) groups excluding carboxylic acids is 2. The number of amides is 2. The second-order valence-corrected chi connectivity index (χ2v) is 19.7. The summed E-state index contributed by atoms with van der Waals surface area (Å²) in [4.78, 5) is 59.2. The van der Waals surface area contributed by atoms with Gasteiger partial charge in [-0.15, -0.1) is 0 Å². The van der Waals surface area contributed by atoms with Crippen molar-refractivity contribution < 1.29 is 29.4 Å². The molecular formula is C50H50Cl4N4O6S. The van der Waals surface area contributed by atoms with E-state index in [9.17, 15) is 29.4 Å². The number of hydrogen-bond donors (Lipinski definition) is 2. The third kappa shape index (κ3) is 10.7. The van der Waals surface area contributed by atoms with Crippen LogP contribution in [0.1, 0.15) is 62.5 Å². The molecular weight excluding hydrogens is 926 g/mol. The van der Waals surface area contributed by atoms with Crippen molar-refractivity contribution in [3.8, 4) is 22.3 Å². The van der Waals surface area contributed by atoms with Crippen molar-refractivity contribution in [2.45, 2.75) is 61.2 Å². The van der Waals surface area contributed by atoms with Gasteiger partial charge in [0.05, 0.1) is 31.9 Å². The number of nitrogens with zero attached hydrogens (tertiary/aromatic N) is 4. The maximum atomic E-state index is 13.3. The smallest absolute Gasteiger partial charge is 0.306 e. The van der Waals surface area contributed by atoms with Gasteiger partial charge in [0, 0.05) is 96.8 Å². The number of rotatable bonds is 12. The van der Waals surface area contributed by atoms with Gasteiger partial charge in [-0.1, -0.05) is 82.4 Å². The van der Waals surface area contributed by atoms with Crippen LogP contribution in [0.5, 0.6) is 0 Å². The van der Waals surface area contributed by atoms with Crippen LogP contribution in [0.15, 0.2) is 82.6 Å². The number of halogens is 4. The molecule has 0 atom stereocenters. The summed E-state index contributed by atoms with van der Waals surface area (Å²) in [5, 5.41) is 20.3. The standard InChI is InChI=1S/C50H50Cl4N4O6S/c51-45-37(11-13-43(59)57-19-1-2-20-57)39(33-7-5-9-35(27-33)55-23-15-31(16-24-55)49(61)62)29-41(47(45)53)65-42-30-40(38(46(52)48(42)54)12-14-44(60)58-21-3-4-22-58)34-8-6-10-36(28-34)56-25-17-32(18-26-56)50(63)64/h5-14,27-32H,1-4,15-26H2,(H,61,62)(H,63,64). The zero-order valence-electron chi connectivity index (χ0n) is 35.8. The minimum atomic E-state index is -0.769. The summed E-state index contributed by atoms with van der Waals surface area (Å²) in [6.07, 6.45) is 12.6. The first-order valence-corrected chi connectivity index (χ1v) is 24.5. The molecule has 0 aromatic heterocycles. The van der Waals surface area contributed by atoms with E-state index in [2.05, 4.69) is 21.9 Å². The molecule has 0 bridgehead atoms. The van der Waals surface area contributed by atoms with Crippen LogP contribution in [0.4, 0.5) is 11.4 Å². The van der Waals surface area contributed by atoms with Crippen molar-refractivity contribution in [3.63, 3.8) is 0 Å². The van der Waals surface area contributed by atoms with E-state index in [0.29, 0.717) is 99.0 Å². The quantitative estimate of drug-likeness (QED) is 0.134. The SMILES string of the molecule is O=C(O)C1CCN(c2cccc(-c3cc(Sc4cc(-c5cccc(N6CCC(C(=O)O)CC6)c5)c(C=CC(=O)N5CCCC5)c(Cl)c4Cl)c(Cl)c(Cl)c3C=CC(=O)N3CCCC3)c2)CC1. The highest BCUT2D eigenvalue weighted by molar-refractivity contribution is 7.99. The average molecular weight is 977 g/mol. The average Bonchev–Trinajstić information content (AvgIpc) is 4.08. The highest BCUT2D eigenvalue weighted by atomic mass is 35.5. The summed E-state index contributed by atoms with van der Waals surface area (Å²) in [5.41, 5.74) is 6.15. The Morgan fingerprint density at radius 1 is 0.523 bits per heavy atom. The van der Waals surface area contributed by atoms with Crippen LogP contribution < -0.4 is 9.80 Å². The van der Waals surface area contributed by atoms with Gasteiger partial charge in [-0.05, 0) is 122 Å². The number of piperidine rings is 2. The molecule has 4 heterocycles. The first-order valence-electron chi connectivity index (χ1n) is 22.2. The Balaban J connectivity index is 1.20. The second kappa shape index (κ2) is 20.9. The Kier molecular flexibility index (Phi) is 15.1. The Labute approximate surface area is 403 Å². The topological polar surface area (TPSA) is 122 Å². The van der Waals surface area contributed by atoms with Crippen LogP contribution in [0.25, 0.3) is 34.4 Å². The third-order valence-electron chi connectivity index (χ3n) is 13.0. The van der Waals surface area contributed by atoms with Crippen LogP contribution in [0.2, 0.25) is 20.1 Å². The maximum absolute atomic E-state index is 13.3. The second-order valence-electron chi connectivity index (χ2n) is 17.1. The maximum Gasteiger partial charge on any atom is 0.306 e. The molecule has 0 saturated carbocycles. The van der Waals surface area contributed by atoms with Crippen molar-refractivity contribution in [2.24, 2.45) is 11.8 Å². The number of carbonyl (C=O) groups is 4. The van der Waals surface area contributed by atoms with E-state index in [4.69, 9.17) is 46.4 Å². The lowest BCUT2D eigenvalue weighted by Gasteiger charge is -2.32. The Morgan fingerprint density at radius 3 is 1.25 bits per heavy atom. The summed E-state index contributed by atoms with van der Waals surface area (Å²) in [7, 11) is 0. The van der Waals surface area contributed by atoms with Crippen molar-refractivity contribution in [2.75, 3.05) is 62.2 Å². The Morgan fingerprint density at radius 2 is 0.892 bits per heavy atom. The fourth-order valence-electron chi connectivity index (χ4n) is 9.21. The first-order chi connectivity index (χ1) is 31.4. The number of carboxylic acid groups (broad SMARTS) is 2. The van der Waals surface area contributed by atoms with E-state index in [-0.39, 0.29) is 43.7 Å². The van der Waals surface area contributed by atoms with Gasteiger partial charge in [-0.3, -0.25) is 19.2 Å². The molecule has 0 aliphatic carbocycles. The number of aliphatic carboxylic acids is 2. The van der Waals surface area contributed by atoms with Crippen molar-refractivity contribution in [1.82, 2.24) is 9.80 Å². The number of likely N-dealkylation sites (tertiary alicyclic amines) is 2. The van der Waals surface area contributed by atoms with Crippen LogP contribution in [-0.2, 0) is 19.2 Å². The summed E-state index contributed by atoms with van der Waals surface area (Å²) in [6.45, 7) is 5.21.